The first-order chi connectivity index (χ1) is 13.6. The van der Waals surface area contributed by atoms with Crippen LogP contribution in [0.5, 0.6) is 17.2 Å². The van der Waals surface area contributed by atoms with Crippen molar-refractivity contribution in [2.24, 2.45) is 17.3 Å². The van der Waals surface area contributed by atoms with Crippen LogP contribution in [0.2, 0.25) is 0 Å². The number of benzene rings is 1. The van der Waals surface area contributed by atoms with Crippen molar-refractivity contribution in [2.45, 2.75) is 57.2 Å². The van der Waals surface area contributed by atoms with Gasteiger partial charge in [-0.25, -0.2) is 0 Å². The molecule has 3 aliphatic rings. The van der Waals surface area contributed by atoms with Crippen LogP contribution in [0, 0.1) is 37.5 Å². The molecule has 0 heterocycles. The molecule has 0 spiro atoms. The highest BCUT2D eigenvalue weighted by molar-refractivity contribution is 5.59. The summed E-state index contributed by atoms with van der Waals surface area (Å²) < 4.78 is 0. The SMILES string of the molecule is C[C@]12CC(O[N+](=O)[O-])[C@@H]3c4c(cc(O)c(O)c4O)CC[C@H]3[C@@H]1CCC2O[N+](=O)[O-]. The van der Waals surface area contributed by atoms with Crippen LogP contribution in [0.1, 0.15) is 49.7 Å². The third-order valence-electron chi connectivity index (χ3n) is 7.24. The van der Waals surface area contributed by atoms with Crippen molar-refractivity contribution in [1.29, 1.82) is 0 Å². The second-order valence-electron chi connectivity index (χ2n) is 8.47. The van der Waals surface area contributed by atoms with Gasteiger partial charge in [0.05, 0.1) is 0 Å². The highest BCUT2D eigenvalue weighted by atomic mass is 17.0. The summed E-state index contributed by atoms with van der Waals surface area (Å²) in [4.78, 5) is 32.1. The van der Waals surface area contributed by atoms with Gasteiger partial charge >= 0.3 is 0 Å². The minimum absolute atomic E-state index is 0.0208. The van der Waals surface area contributed by atoms with E-state index in [1.807, 2.05) is 6.92 Å². The molecule has 0 amide bonds. The Morgan fingerprint density at radius 2 is 1.76 bits per heavy atom. The number of phenolic OH excluding ortho intramolecular Hbond substituents is 3. The van der Waals surface area contributed by atoms with Gasteiger partial charge in [-0.15, -0.1) is 20.2 Å². The second-order valence-corrected chi connectivity index (χ2v) is 8.47. The van der Waals surface area contributed by atoms with Crippen LogP contribution < -0.4 is 0 Å². The van der Waals surface area contributed by atoms with Crippen LogP contribution in [0.4, 0.5) is 0 Å². The van der Waals surface area contributed by atoms with Crippen molar-refractivity contribution in [3.63, 3.8) is 0 Å². The van der Waals surface area contributed by atoms with E-state index in [0.717, 1.165) is 0 Å². The lowest BCUT2D eigenvalue weighted by atomic mass is 9.54. The van der Waals surface area contributed by atoms with Gasteiger partial charge in [0, 0.05) is 11.5 Å². The molecule has 0 bridgehead atoms. The maximum Gasteiger partial charge on any atom is 0.294 e. The molecule has 0 radical (unpaired) electrons. The van der Waals surface area contributed by atoms with E-state index < -0.39 is 51.0 Å². The first-order valence-corrected chi connectivity index (χ1v) is 9.52. The summed E-state index contributed by atoms with van der Waals surface area (Å²) in [5, 5.41) is 50.9. The van der Waals surface area contributed by atoms with Crippen LogP contribution in [0.15, 0.2) is 6.07 Å². The molecular weight excluding hydrogens is 388 g/mol. The summed E-state index contributed by atoms with van der Waals surface area (Å²) in [6, 6.07) is 1.37. The van der Waals surface area contributed by atoms with E-state index in [9.17, 15) is 35.5 Å². The molecule has 1 aromatic rings. The summed E-state index contributed by atoms with van der Waals surface area (Å²) >= 11 is 0. The zero-order valence-corrected chi connectivity index (χ0v) is 15.7. The van der Waals surface area contributed by atoms with Crippen molar-refractivity contribution < 1.29 is 35.2 Å². The van der Waals surface area contributed by atoms with E-state index in [1.165, 1.54) is 6.07 Å². The van der Waals surface area contributed by atoms with Gasteiger partial charge in [-0.3, -0.25) is 0 Å². The Bertz CT molecular complexity index is 875. The molecular formula is C18H22N2O9. The summed E-state index contributed by atoms with van der Waals surface area (Å²) in [5.41, 5.74) is 0.265. The first-order valence-electron chi connectivity index (χ1n) is 9.52. The lowest BCUT2D eigenvalue weighted by molar-refractivity contribution is -0.777. The Labute approximate surface area is 165 Å². The Morgan fingerprint density at radius 3 is 2.41 bits per heavy atom. The average Bonchev–Trinajstić information content (AvgIpc) is 2.94. The summed E-state index contributed by atoms with van der Waals surface area (Å²) in [6.45, 7) is 1.84. The van der Waals surface area contributed by atoms with E-state index in [-0.39, 0.29) is 18.3 Å². The number of hydrogen-bond donors (Lipinski definition) is 3. The van der Waals surface area contributed by atoms with Crippen molar-refractivity contribution in [3.8, 4) is 17.2 Å². The summed E-state index contributed by atoms with van der Waals surface area (Å²) in [6.07, 6.45) is 0.697. The van der Waals surface area contributed by atoms with Gasteiger partial charge < -0.3 is 25.0 Å². The topological polar surface area (TPSA) is 165 Å². The number of rotatable bonds is 4. The maximum absolute atomic E-state index is 11.2. The van der Waals surface area contributed by atoms with Crippen molar-refractivity contribution >= 4 is 0 Å². The molecule has 11 nitrogen and oxygen atoms in total. The average molecular weight is 410 g/mol. The Morgan fingerprint density at radius 1 is 1.07 bits per heavy atom. The fraction of sp³-hybridized carbons (Fsp3) is 0.667. The van der Waals surface area contributed by atoms with E-state index >= 15 is 0 Å². The molecule has 1 aromatic carbocycles. The van der Waals surface area contributed by atoms with Crippen LogP contribution >= 0.6 is 0 Å². The molecule has 2 unspecified atom stereocenters. The van der Waals surface area contributed by atoms with Crippen LogP contribution in [-0.2, 0) is 16.1 Å². The minimum Gasteiger partial charge on any atom is -0.504 e. The number of hydrogen-bond acceptors (Lipinski definition) is 9. The third kappa shape index (κ3) is 2.87. The van der Waals surface area contributed by atoms with Crippen LogP contribution in [0.25, 0.3) is 0 Å². The van der Waals surface area contributed by atoms with E-state index in [1.54, 1.807) is 0 Å². The number of aromatic hydroxyl groups is 3. The molecule has 6 atom stereocenters. The Balaban J connectivity index is 1.80. The molecule has 2 fully saturated rings. The molecule has 11 heteroatoms. The monoisotopic (exact) mass is 410 g/mol. The quantitative estimate of drug-likeness (QED) is 0.384. The predicted octanol–water partition coefficient (Wildman–Crippen LogP) is 2.42. The Hall–Kier alpha value is -2.98. The molecule has 4 rings (SSSR count). The lowest BCUT2D eigenvalue weighted by Crippen LogP contribution is -2.52. The maximum atomic E-state index is 11.2. The molecule has 0 aliphatic heterocycles. The predicted molar refractivity (Wildman–Crippen MR) is 95.2 cm³/mol. The van der Waals surface area contributed by atoms with Gasteiger partial charge in [0.15, 0.2) is 11.5 Å². The first kappa shape index (κ1) is 19.3. The molecule has 3 N–H and O–H groups in total. The summed E-state index contributed by atoms with van der Waals surface area (Å²) in [5.74, 6) is -2.37. The van der Waals surface area contributed by atoms with Gasteiger partial charge in [-0.2, -0.15) is 0 Å². The molecule has 0 saturated heterocycles. The number of aryl methyl sites for hydroxylation is 1. The van der Waals surface area contributed by atoms with Gasteiger partial charge in [0.25, 0.3) is 10.2 Å². The van der Waals surface area contributed by atoms with Crippen molar-refractivity contribution in [2.75, 3.05) is 0 Å². The molecule has 158 valence electrons. The van der Waals surface area contributed by atoms with Crippen molar-refractivity contribution in [3.05, 3.63) is 37.4 Å². The number of nitrogens with zero attached hydrogens (tertiary/aromatic N) is 2. The van der Waals surface area contributed by atoms with E-state index in [0.29, 0.717) is 36.8 Å². The van der Waals surface area contributed by atoms with Crippen molar-refractivity contribution in [1.82, 2.24) is 0 Å². The molecule has 2 saturated carbocycles. The van der Waals surface area contributed by atoms with Gasteiger partial charge in [0.1, 0.15) is 12.2 Å². The standard InChI is InChI=1S/C18H22N2O9/c1-18-7-12(28-19(24)25)15-9(10(18)4-5-13(18)29-20(26)27)3-2-8-6-11(21)16(22)17(23)14(8)15/h6,9-10,12-13,15,21-23H,2-5,7H2,1H3/t9-,10-,12?,13?,15+,18-/m0/s1. The summed E-state index contributed by atoms with van der Waals surface area (Å²) in [7, 11) is 0. The molecule has 3 aliphatic carbocycles. The van der Waals surface area contributed by atoms with Crippen LogP contribution in [0.3, 0.4) is 0 Å². The van der Waals surface area contributed by atoms with E-state index in [4.69, 9.17) is 9.68 Å². The number of fused-ring (bicyclic) bond motifs is 5. The highest BCUT2D eigenvalue weighted by Crippen LogP contribution is 2.64. The lowest BCUT2D eigenvalue weighted by Gasteiger charge is -2.52. The number of phenols is 3. The Kier molecular flexibility index (Phi) is 4.35. The van der Waals surface area contributed by atoms with Crippen LogP contribution in [-0.4, -0.2) is 37.7 Å². The smallest absolute Gasteiger partial charge is 0.294 e. The zero-order valence-electron chi connectivity index (χ0n) is 15.7. The van der Waals surface area contributed by atoms with Gasteiger partial charge in [0.2, 0.25) is 5.75 Å². The highest BCUT2D eigenvalue weighted by Gasteiger charge is 2.60. The fourth-order valence-corrected chi connectivity index (χ4v) is 6.19. The fourth-order valence-electron chi connectivity index (χ4n) is 6.19. The minimum atomic E-state index is -0.971. The van der Waals surface area contributed by atoms with Gasteiger partial charge in [-0.05, 0) is 61.0 Å². The third-order valence-corrected chi connectivity index (χ3v) is 7.24. The van der Waals surface area contributed by atoms with Gasteiger partial charge in [-0.1, -0.05) is 6.92 Å². The second kappa shape index (κ2) is 6.53. The molecule has 0 aromatic heterocycles. The van der Waals surface area contributed by atoms with E-state index in [2.05, 4.69) is 0 Å². The normalized spacial score (nSPS) is 35.1. The molecule has 29 heavy (non-hydrogen) atoms. The zero-order chi connectivity index (χ0) is 21.1. The largest absolute Gasteiger partial charge is 0.504 e.